The van der Waals surface area contributed by atoms with E-state index in [0.29, 0.717) is 5.82 Å². The molecule has 1 aromatic rings. The van der Waals surface area contributed by atoms with Crippen molar-refractivity contribution < 1.29 is 4.92 Å². The number of nitrogens with one attached hydrogen (secondary N) is 1. The number of nitrogens with zero attached hydrogens (tertiary/aromatic N) is 2. The molecule has 1 heterocycles. The van der Waals surface area contributed by atoms with Crippen LogP contribution < -0.4 is 5.32 Å². The number of hydrogen-bond donors (Lipinski definition) is 1. The van der Waals surface area contributed by atoms with E-state index in [1.807, 2.05) is 0 Å². The van der Waals surface area contributed by atoms with E-state index in [-0.39, 0.29) is 11.2 Å². The zero-order valence-corrected chi connectivity index (χ0v) is 9.86. The van der Waals surface area contributed by atoms with Crippen LogP contribution in [0.2, 0.25) is 0 Å². The van der Waals surface area contributed by atoms with Gasteiger partial charge in [0.1, 0.15) is 12.0 Å². The highest BCUT2D eigenvalue weighted by Crippen LogP contribution is 2.21. The molecule has 1 N–H and O–H groups in total. The molecule has 5 heteroatoms. The van der Waals surface area contributed by atoms with E-state index in [2.05, 4.69) is 31.1 Å². The van der Waals surface area contributed by atoms with Crippen molar-refractivity contribution in [3.8, 4) is 0 Å². The summed E-state index contributed by atoms with van der Waals surface area (Å²) in [5.74, 6) is 0.678. The summed E-state index contributed by atoms with van der Waals surface area (Å²) in [6.07, 6.45) is 3.22. The van der Waals surface area contributed by atoms with E-state index in [1.54, 1.807) is 6.07 Å². The maximum Gasteiger partial charge on any atom is 0.287 e. The SMILES string of the molecule is CCC(C)(CC)Nc1ccc([N+](=O)[O-])cn1. The lowest BCUT2D eigenvalue weighted by Gasteiger charge is -2.28. The second-order valence-electron chi connectivity index (χ2n) is 4.05. The van der Waals surface area contributed by atoms with Gasteiger partial charge in [-0.2, -0.15) is 0 Å². The Hall–Kier alpha value is -1.65. The Bertz CT molecular complexity index is 358. The Morgan fingerprint density at radius 1 is 1.44 bits per heavy atom. The number of hydrogen-bond acceptors (Lipinski definition) is 4. The van der Waals surface area contributed by atoms with Crippen LogP contribution in [0.5, 0.6) is 0 Å². The van der Waals surface area contributed by atoms with Gasteiger partial charge in [-0.25, -0.2) is 4.98 Å². The number of anilines is 1. The molecule has 0 aliphatic carbocycles. The molecule has 0 aromatic carbocycles. The topological polar surface area (TPSA) is 68.1 Å². The Balaban J connectivity index is 2.79. The molecule has 0 fully saturated rings. The monoisotopic (exact) mass is 223 g/mol. The smallest absolute Gasteiger partial charge is 0.287 e. The average Bonchev–Trinajstić information content (AvgIpc) is 2.29. The van der Waals surface area contributed by atoms with Crippen LogP contribution in [0, 0.1) is 10.1 Å². The van der Waals surface area contributed by atoms with E-state index in [4.69, 9.17) is 0 Å². The van der Waals surface area contributed by atoms with Gasteiger partial charge >= 0.3 is 0 Å². The zero-order valence-electron chi connectivity index (χ0n) is 9.86. The van der Waals surface area contributed by atoms with Crippen molar-refractivity contribution in [2.24, 2.45) is 0 Å². The maximum absolute atomic E-state index is 10.5. The maximum atomic E-state index is 10.5. The van der Waals surface area contributed by atoms with Crippen molar-refractivity contribution in [1.29, 1.82) is 0 Å². The number of aromatic nitrogens is 1. The molecule has 0 saturated carbocycles. The Morgan fingerprint density at radius 2 is 2.06 bits per heavy atom. The highest BCUT2D eigenvalue weighted by molar-refractivity contribution is 5.42. The van der Waals surface area contributed by atoms with Gasteiger partial charge in [-0.05, 0) is 25.8 Å². The Labute approximate surface area is 95.0 Å². The van der Waals surface area contributed by atoms with Crippen molar-refractivity contribution >= 4 is 11.5 Å². The molecule has 5 nitrogen and oxygen atoms in total. The molecule has 1 rings (SSSR count). The molecule has 0 spiro atoms. The van der Waals surface area contributed by atoms with Crippen molar-refractivity contribution in [1.82, 2.24) is 4.98 Å². The molecule has 0 aliphatic heterocycles. The molecule has 16 heavy (non-hydrogen) atoms. The second-order valence-corrected chi connectivity index (χ2v) is 4.05. The van der Waals surface area contributed by atoms with E-state index >= 15 is 0 Å². The van der Waals surface area contributed by atoms with Gasteiger partial charge in [0, 0.05) is 11.6 Å². The van der Waals surface area contributed by atoms with E-state index in [1.165, 1.54) is 12.3 Å². The quantitative estimate of drug-likeness (QED) is 0.615. The van der Waals surface area contributed by atoms with Crippen LogP contribution in [-0.2, 0) is 0 Å². The molecular formula is C11H17N3O2. The fourth-order valence-corrected chi connectivity index (χ4v) is 1.30. The van der Waals surface area contributed by atoms with Crippen molar-refractivity contribution in [2.45, 2.75) is 39.2 Å². The van der Waals surface area contributed by atoms with Gasteiger partial charge in [-0.15, -0.1) is 0 Å². The van der Waals surface area contributed by atoms with Gasteiger partial charge in [-0.1, -0.05) is 13.8 Å². The summed E-state index contributed by atoms with van der Waals surface area (Å²) in [6, 6.07) is 3.10. The fraction of sp³-hybridized carbons (Fsp3) is 0.545. The standard InChI is InChI=1S/C11H17N3O2/c1-4-11(3,5-2)13-10-7-6-9(8-12-10)14(15)16/h6-8H,4-5H2,1-3H3,(H,12,13). The van der Waals surface area contributed by atoms with Gasteiger partial charge < -0.3 is 5.32 Å². The second kappa shape index (κ2) is 4.92. The number of pyridine rings is 1. The van der Waals surface area contributed by atoms with Crippen LogP contribution in [0.1, 0.15) is 33.6 Å². The first-order valence-corrected chi connectivity index (χ1v) is 5.39. The van der Waals surface area contributed by atoms with Crippen molar-refractivity contribution in [3.05, 3.63) is 28.4 Å². The van der Waals surface area contributed by atoms with Gasteiger partial charge in [0.25, 0.3) is 5.69 Å². The molecule has 0 amide bonds. The highest BCUT2D eigenvalue weighted by atomic mass is 16.6. The third-order valence-electron chi connectivity index (χ3n) is 2.95. The third-order valence-corrected chi connectivity index (χ3v) is 2.95. The lowest BCUT2D eigenvalue weighted by molar-refractivity contribution is -0.385. The molecule has 0 saturated heterocycles. The van der Waals surface area contributed by atoms with Crippen LogP contribution in [-0.4, -0.2) is 15.4 Å². The predicted molar refractivity (Wildman–Crippen MR) is 63.5 cm³/mol. The zero-order chi connectivity index (χ0) is 12.2. The number of rotatable bonds is 5. The normalized spacial score (nSPS) is 11.2. The van der Waals surface area contributed by atoms with Crippen molar-refractivity contribution in [2.75, 3.05) is 5.32 Å². The minimum absolute atomic E-state index is 0.0108. The van der Waals surface area contributed by atoms with Crippen molar-refractivity contribution in [3.63, 3.8) is 0 Å². The van der Waals surface area contributed by atoms with Crippen LogP contribution in [0.15, 0.2) is 18.3 Å². The summed E-state index contributed by atoms with van der Waals surface area (Å²) in [5.41, 5.74) is 0.00334. The minimum Gasteiger partial charge on any atom is -0.365 e. The summed E-state index contributed by atoms with van der Waals surface area (Å²) < 4.78 is 0. The lowest BCUT2D eigenvalue weighted by atomic mass is 9.96. The van der Waals surface area contributed by atoms with Gasteiger partial charge in [0.05, 0.1) is 4.92 Å². The number of nitro groups is 1. The molecule has 0 aliphatic rings. The fourth-order valence-electron chi connectivity index (χ4n) is 1.30. The Morgan fingerprint density at radius 3 is 2.44 bits per heavy atom. The predicted octanol–water partition coefficient (Wildman–Crippen LogP) is 2.98. The molecular weight excluding hydrogens is 206 g/mol. The summed E-state index contributed by atoms with van der Waals surface area (Å²) >= 11 is 0. The molecule has 88 valence electrons. The summed E-state index contributed by atoms with van der Waals surface area (Å²) in [6.45, 7) is 6.31. The molecule has 0 unspecified atom stereocenters. The molecule has 1 aromatic heterocycles. The van der Waals surface area contributed by atoms with E-state index < -0.39 is 4.92 Å². The lowest BCUT2D eigenvalue weighted by Crippen LogP contribution is -2.33. The van der Waals surface area contributed by atoms with Crippen LogP contribution in [0.4, 0.5) is 11.5 Å². The van der Waals surface area contributed by atoms with E-state index in [0.717, 1.165) is 12.8 Å². The largest absolute Gasteiger partial charge is 0.365 e. The molecule has 0 radical (unpaired) electrons. The summed E-state index contributed by atoms with van der Waals surface area (Å²) in [4.78, 5) is 14.0. The first kappa shape index (κ1) is 12.4. The van der Waals surface area contributed by atoms with Crippen LogP contribution in [0.25, 0.3) is 0 Å². The van der Waals surface area contributed by atoms with Crippen LogP contribution in [0.3, 0.4) is 0 Å². The highest BCUT2D eigenvalue weighted by Gasteiger charge is 2.19. The van der Waals surface area contributed by atoms with E-state index in [9.17, 15) is 10.1 Å². The molecule has 0 bridgehead atoms. The Kier molecular flexibility index (Phi) is 3.82. The average molecular weight is 223 g/mol. The first-order valence-electron chi connectivity index (χ1n) is 5.39. The van der Waals surface area contributed by atoms with Crippen LogP contribution >= 0.6 is 0 Å². The van der Waals surface area contributed by atoms with Gasteiger partial charge in [-0.3, -0.25) is 10.1 Å². The van der Waals surface area contributed by atoms with Gasteiger partial charge in [0.15, 0.2) is 0 Å². The summed E-state index contributed by atoms with van der Waals surface area (Å²) in [5, 5.41) is 13.7. The third kappa shape index (κ3) is 2.92. The molecule has 0 atom stereocenters. The first-order chi connectivity index (χ1) is 7.50. The van der Waals surface area contributed by atoms with Gasteiger partial charge in [0.2, 0.25) is 0 Å². The minimum atomic E-state index is -0.449. The summed E-state index contributed by atoms with van der Waals surface area (Å²) in [7, 11) is 0.